The van der Waals surface area contributed by atoms with E-state index in [0.717, 1.165) is 0 Å². The SMILES string of the molecule is O=c1[nH]c(=S)c(F)cn1[C@@H]1O[C@H](CO)C(O)[C@]1(F)CF. The van der Waals surface area contributed by atoms with Gasteiger partial charge in [0, 0.05) is 0 Å². The Hall–Kier alpha value is -1.23. The first-order valence-electron chi connectivity index (χ1n) is 5.55. The molecule has 1 aromatic heterocycles. The molecule has 2 heterocycles. The number of nitrogens with one attached hydrogen (secondary N) is 1. The number of ether oxygens (including phenoxy) is 1. The fraction of sp³-hybridized carbons (Fsp3) is 0.600. The molecule has 0 aliphatic carbocycles. The molecule has 1 unspecified atom stereocenters. The molecule has 0 amide bonds. The zero-order chi connectivity index (χ0) is 15.1. The summed E-state index contributed by atoms with van der Waals surface area (Å²) in [4.78, 5) is 13.6. The first kappa shape index (κ1) is 15.2. The minimum absolute atomic E-state index is 0.420. The molecule has 0 spiro atoms. The second-order valence-corrected chi connectivity index (χ2v) is 4.77. The number of hydrogen-bond acceptors (Lipinski definition) is 5. The minimum Gasteiger partial charge on any atom is -0.394 e. The highest BCUT2D eigenvalue weighted by atomic mass is 32.1. The summed E-state index contributed by atoms with van der Waals surface area (Å²) in [6, 6.07) is 0. The normalized spacial score (nSPS) is 33.5. The van der Waals surface area contributed by atoms with Gasteiger partial charge in [-0.25, -0.2) is 18.0 Å². The molecule has 0 saturated carbocycles. The van der Waals surface area contributed by atoms with E-state index < -0.39 is 53.5 Å². The second kappa shape index (κ2) is 5.28. The monoisotopic (exact) mass is 312 g/mol. The number of nitrogens with zero attached hydrogens (tertiary/aromatic N) is 1. The molecule has 1 saturated heterocycles. The molecule has 1 aliphatic rings. The highest BCUT2D eigenvalue weighted by molar-refractivity contribution is 7.71. The van der Waals surface area contributed by atoms with Crippen molar-refractivity contribution in [3.63, 3.8) is 0 Å². The van der Waals surface area contributed by atoms with Gasteiger partial charge in [0.25, 0.3) is 0 Å². The number of rotatable bonds is 3. The van der Waals surface area contributed by atoms with Crippen LogP contribution >= 0.6 is 12.2 Å². The Morgan fingerprint density at radius 3 is 2.80 bits per heavy atom. The second-order valence-electron chi connectivity index (χ2n) is 4.36. The van der Waals surface area contributed by atoms with Crippen LogP contribution in [-0.4, -0.2) is 50.9 Å². The molecule has 0 aromatic carbocycles. The summed E-state index contributed by atoms with van der Waals surface area (Å²) in [5, 5.41) is 18.6. The molecule has 0 radical (unpaired) electrons. The molecule has 10 heteroatoms. The van der Waals surface area contributed by atoms with Crippen LogP contribution in [0.25, 0.3) is 0 Å². The van der Waals surface area contributed by atoms with Crippen molar-refractivity contribution >= 4 is 12.2 Å². The number of alkyl halides is 2. The van der Waals surface area contributed by atoms with E-state index in [1.165, 1.54) is 0 Å². The van der Waals surface area contributed by atoms with Crippen LogP contribution in [0.1, 0.15) is 6.23 Å². The molecule has 0 bridgehead atoms. The Balaban J connectivity index is 2.54. The average Bonchev–Trinajstić information content (AvgIpc) is 2.67. The molecule has 1 fully saturated rings. The van der Waals surface area contributed by atoms with Gasteiger partial charge in [0.15, 0.2) is 12.0 Å². The number of aliphatic hydroxyl groups is 2. The Morgan fingerprint density at radius 2 is 2.25 bits per heavy atom. The van der Waals surface area contributed by atoms with Crippen LogP contribution in [0, 0.1) is 10.5 Å². The predicted molar refractivity (Wildman–Crippen MR) is 62.7 cm³/mol. The predicted octanol–water partition coefficient (Wildman–Crippen LogP) is -0.0266. The lowest BCUT2D eigenvalue weighted by Crippen LogP contribution is -2.47. The first-order chi connectivity index (χ1) is 9.35. The maximum Gasteiger partial charge on any atom is 0.328 e. The highest BCUT2D eigenvalue weighted by Gasteiger charge is 2.58. The van der Waals surface area contributed by atoms with Gasteiger partial charge in [0.1, 0.15) is 23.5 Å². The van der Waals surface area contributed by atoms with Crippen molar-refractivity contribution < 1.29 is 28.1 Å². The summed E-state index contributed by atoms with van der Waals surface area (Å²) >= 11 is 4.49. The third kappa shape index (κ3) is 2.18. The van der Waals surface area contributed by atoms with Crippen LogP contribution in [0.15, 0.2) is 11.0 Å². The largest absolute Gasteiger partial charge is 0.394 e. The van der Waals surface area contributed by atoms with Crippen LogP contribution in [0.2, 0.25) is 0 Å². The van der Waals surface area contributed by atoms with Crippen LogP contribution < -0.4 is 5.69 Å². The van der Waals surface area contributed by atoms with E-state index in [0.29, 0.717) is 10.8 Å². The Morgan fingerprint density at radius 1 is 1.60 bits per heavy atom. The van der Waals surface area contributed by atoms with Crippen molar-refractivity contribution in [3.8, 4) is 0 Å². The van der Waals surface area contributed by atoms with Gasteiger partial charge in [0.2, 0.25) is 5.67 Å². The fourth-order valence-corrected chi connectivity index (χ4v) is 2.17. The summed E-state index contributed by atoms with van der Waals surface area (Å²) in [6.45, 7) is -2.47. The molecule has 1 aliphatic heterocycles. The number of aliphatic hydroxyl groups excluding tert-OH is 2. The molecule has 112 valence electrons. The van der Waals surface area contributed by atoms with E-state index in [-0.39, 0.29) is 0 Å². The Kier molecular flexibility index (Phi) is 4.00. The molecule has 3 N–H and O–H groups in total. The highest BCUT2D eigenvalue weighted by Crippen LogP contribution is 2.41. The molecule has 2 rings (SSSR count). The Bertz CT molecular complexity index is 621. The van der Waals surface area contributed by atoms with Crippen LogP contribution in [-0.2, 0) is 4.74 Å². The average molecular weight is 312 g/mol. The summed E-state index contributed by atoms with van der Waals surface area (Å²) < 4.78 is 45.6. The van der Waals surface area contributed by atoms with Crippen molar-refractivity contribution in [2.45, 2.75) is 24.1 Å². The third-order valence-electron chi connectivity index (χ3n) is 3.12. The lowest BCUT2D eigenvalue weighted by molar-refractivity contribution is -0.0739. The standard InChI is InChI=1S/C10H11F3N2O4S/c11-3-10(13)6(17)5(2-16)19-8(10)15-1-4(12)7(20)14-9(15)18/h1,5-6,8,16-17H,2-3H2,(H,14,18,20)/t5-,6?,8-,10-/m1/s1. The maximum absolute atomic E-state index is 14.5. The van der Waals surface area contributed by atoms with Crippen molar-refractivity contribution in [3.05, 3.63) is 27.1 Å². The maximum atomic E-state index is 14.5. The van der Waals surface area contributed by atoms with Gasteiger partial charge in [-0.1, -0.05) is 12.2 Å². The van der Waals surface area contributed by atoms with Gasteiger partial charge >= 0.3 is 5.69 Å². The van der Waals surface area contributed by atoms with Gasteiger partial charge in [-0.05, 0) is 0 Å². The molecule has 6 nitrogen and oxygen atoms in total. The summed E-state index contributed by atoms with van der Waals surface area (Å²) in [5.41, 5.74) is -4.01. The number of aromatic nitrogens is 2. The summed E-state index contributed by atoms with van der Waals surface area (Å²) in [5.74, 6) is -1.04. The molecular formula is C10H11F3N2O4S. The van der Waals surface area contributed by atoms with E-state index in [9.17, 15) is 23.1 Å². The zero-order valence-corrected chi connectivity index (χ0v) is 10.7. The van der Waals surface area contributed by atoms with E-state index in [1.807, 2.05) is 4.98 Å². The van der Waals surface area contributed by atoms with E-state index in [1.54, 1.807) is 0 Å². The van der Waals surface area contributed by atoms with E-state index in [4.69, 9.17) is 9.84 Å². The van der Waals surface area contributed by atoms with Crippen molar-refractivity contribution in [2.24, 2.45) is 0 Å². The zero-order valence-electron chi connectivity index (χ0n) is 9.92. The number of H-pyrrole nitrogens is 1. The van der Waals surface area contributed by atoms with E-state index in [2.05, 4.69) is 12.2 Å². The summed E-state index contributed by atoms with van der Waals surface area (Å²) in [7, 11) is 0. The lowest BCUT2D eigenvalue weighted by atomic mass is 9.97. The van der Waals surface area contributed by atoms with Crippen LogP contribution in [0.5, 0.6) is 0 Å². The van der Waals surface area contributed by atoms with Crippen molar-refractivity contribution in [1.29, 1.82) is 0 Å². The molecular weight excluding hydrogens is 301 g/mol. The van der Waals surface area contributed by atoms with Gasteiger partial charge in [-0.15, -0.1) is 0 Å². The quantitative estimate of drug-likeness (QED) is 0.683. The number of aromatic amines is 1. The summed E-state index contributed by atoms with van der Waals surface area (Å²) in [6.07, 6.45) is -4.80. The van der Waals surface area contributed by atoms with Gasteiger partial charge in [0.05, 0.1) is 12.8 Å². The minimum atomic E-state index is -2.99. The smallest absolute Gasteiger partial charge is 0.328 e. The topological polar surface area (TPSA) is 87.5 Å². The first-order valence-corrected chi connectivity index (χ1v) is 5.96. The lowest BCUT2D eigenvalue weighted by Gasteiger charge is -2.26. The molecule has 1 aromatic rings. The molecule has 20 heavy (non-hydrogen) atoms. The molecule has 4 atom stereocenters. The van der Waals surface area contributed by atoms with Gasteiger partial charge < -0.3 is 14.9 Å². The van der Waals surface area contributed by atoms with Crippen molar-refractivity contribution in [2.75, 3.05) is 13.3 Å². The number of hydrogen-bond donors (Lipinski definition) is 3. The van der Waals surface area contributed by atoms with Crippen LogP contribution in [0.4, 0.5) is 13.2 Å². The number of halogens is 3. The van der Waals surface area contributed by atoms with Crippen molar-refractivity contribution in [1.82, 2.24) is 9.55 Å². The fourth-order valence-electron chi connectivity index (χ4n) is 2.03. The third-order valence-corrected chi connectivity index (χ3v) is 3.42. The van der Waals surface area contributed by atoms with Gasteiger partial charge in [-0.3, -0.25) is 9.55 Å². The van der Waals surface area contributed by atoms with E-state index >= 15 is 0 Å². The van der Waals surface area contributed by atoms with Crippen LogP contribution in [0.3, 0.4) is 0 Å². The Labute approximate surface area is 115 Å². The van der Waals surface area contributed by atoms with Gasteiger partial charge in [-0.2, -0.15) is 0 Å².